The summed E-state index contributed by atoms with van der Waals surface area (Å²) in [6.45, 7) is 3.59. The molecule has 0 aromatic heterocycles. The maximum absolute atomic E-state index is 12.6. The monoisotopic (exact) mass is 295 g/mol. The molecule has 1 fully saturated rings. The highest BCUT2D eigenvalue weighted by molar-refractivity contribution is 6.48. The Bertz CT molecular complexity index is 594. The second-order valence-electron chi connectivity index (χ2n) is 5.47. The molecule has 1 aromatic rings. The van der Waals surface area contributed by atoms with E-state index in [9.17, 15) is 13.2 Å². The lowest BCUT2D eigenvalue weighted by Crippen LogP contribution is -2.38. The van der Waals surface area contributed by atoms with E-state index in [0.29, 0.717) is 11.3 Å². The van der Waals surface area contributed by atoms with Crippen LogP contribution in [0.2, 0.25) is 0 Å². The van der Waals surface area contributed by atoms with Gasteiger partial charge in [0.25, 0.3) is 0 Å². The highest BCUT2D eigenvalue weighted by atomic mass is 19.4. The SMILES string of the molecule is CC1=NC2(CCNCC2)N=C1c1ccc(C(F)(F)F)cc1. The maximum atomic E-state index is 12.6. The van der Waals surface area contributed by atoms with E-state index in [0.717, 1.165) is 43.8 Å². The summed E-state index contributed by atoms with van der Waals surface area (Å²) < 4.78 is 37.8. The van der Waals surface area contributed by atoms with Gasteiger partial charge in [-0.15, -0.1) is 0 Å². The molecule has 2 aliphatic heterocycles. The lowest BCUT2D eigenvalue weighted by molar-refractivity contribution is -0.137. The van der Waals surface area contributed by atoms with E-state index in [-0.39, 0.29) is 0 Å². The fourth-order valence-corrected chi connectivity index (χ4v) is 2.82. The molecule has 0 aliphatic carbocycles. The van der Waals surface area contributed by atoms with Crippen molar-refractivity contribution in [2.75, 3.05) is 13.1 Å². The summed E-state index contributed by atoms with van der Waals surface area (Å²) in [5, 5.41) is 3.27. The van der Waals surface area contributed by atoms with E-state index in [1.54, 1.807) is 0 Å². The van der Waals surface area contributed by atoms with Gasteiger partial charge in [0.2, 0.25) is 0 Å². The predicted octanol–water partition coefficient (Wildman–Crippen LogP) is 3.05. The van der Waals surface area contributed by atoms with Gasteiger partial charge in [-0.2, -0.15) is 13.2 Å². The zero-order valence-corrected chi connectivity index (χ0v) is 11.7. The molecule has 3 nitrogen and oxygen atoms in total. The van der Waals surface area contributed by atoms with Crippen LogP contribution in [0.5, 0.6) is 0 Å². The molecule has 1 aromatic carbocycles. The number of piperidine rings is 1. The van der Waals surface area contributed by atoms with Crippen LogP contribution in [0, 0.1) is 0 Å². The molecular weight excluding hydrogens is 279 g/mol. The Morgan fingerprint density at radius 1 is 1.05 bits per heavy atom. The molecule has 0 radical (unpaired) electrons. The van der Waals surface area contributed by atoms with Gasteiger partial charge in [0.15, 0.2) is 5.66 Å². The fourth-order valence-electron chi connectivity index (χ4n) is 2.82. The third-order valence-electron chi connectivity index (χ3n) is 3.93. The molecule has 1 spiro atoms. The second-order valence-corrected chi connectivity index (χ2v) is 5.47. The lowest BCUT2D eigenvalue weighted by Gasteiger charge is -2.28. The third kappa shape index (κ3) is 2.72. The van der Waals surface area contributed by atoms with Crippen LogP contribution in [0.4, 0.5) is 13.2 Å². The van der Waals surface area contributed by atoms with Crippen LogP contribution in [0.3, 0.4) is 0 Å². The first-order valence-electron chi connectivity index (χ1n) is 6.95. The summed E-state index contributed by atoms with van der Waals surface area (Å²) in [5.41, 5.74) is 1.16. The van der Waals surface area contributed by atoms with Gasteiger partial charge in [-0.3, -0.25) is 9.98 Å². The predicted molar refractivity (Wildman–Crippen MR) is 75.9 cm³/mol. The summed E-state index contributed by atoms with van der Waals surface area (Å²) in [5.74, 6) is 0. The Hall–Kier alpha value is -1.69. The lowest BCUT2D eigenvalue weighted by atomic mass is 10.00. The van der Waals surface area contributed by atoms with Gasteiger partial charge in [0.05, 0.1) is 17.0 Å². The summed E-state index contributed by atoms with van der Waals surface area (Å²) >= 11 is 0. The Balaban J connectivity index is 1.90. The van der Waals surface area contributed by atoms with Gasteiger partial charge in [0.1, 0.15) is 0 Å². The number of aliphatic imine (C=N–C) groups is 2. The van der Waals surface area contributed by atoms with E-state index in [1.807, 2.05) is 6.92 Å². The van der Waals surface area contributed by atoms with Crippen LogP contribution in [0.25, 0.3) is 0 Å². The third-order valence-corrected chi connectivity index (χ3v) is 3.93. The van der Waals surface area contributed by atoms with Gasteiger partial charge >= 0.3 is 6.18 Å². The Kier molecular flexibility index (Phi) is 3.36. The summed E-state index contributed by atoms with van der Waals surface area (Å²) in [4.78, 5) is 9.37. The first-order chi connectivity index (χ1) is 9.90. The van der Waals surface area contributed by atoms with Crippen molar-refractivity contribution in [3.8, 4) is 0 Å². The molecule has 21 heavy (non-hydrogen) atoms. The van der Waals surface area contributed by atoms with Gasteiger partial charge in [-0.1, -0.05) is 12.1 Å². The standard InChI is InChI=1S/C15H16F3N3/c1-10-13(21-14(20-10)6-8-19-9-7-14)11-2-4-12(5-3-11)15(16,17)18/h2-5,19H,6-9H2,1H3. The van der Waals surface area contributed by atoms with Crippen LogP contribution in [-0.4, -0.2) is 30.2 Å². The van der Waals surface area contributed by atoms with Gasteiger partial charge in [-0.25, -0.2) is 0 Å². The molecule has 0 saturated carbocycles. The smallest absolute Gasteiger partial charge is 0.316 e. The van der Waals surface area contributed by atoms with Crippen molar-refractivity contribution in [1.29, 1.82) is 0 Å². The molecule has 112 valence electrons. The summed E-state index contributed by atoms with van der Waals surface area (Å²) in [6.07, 6.45) is -2.65. The van der Waals surface area contributed by atoms with E-state index in [2.05, 4.69) is 10.3 Å². The van der Waals surface area contributed by atoms with Crippen LogP contribution in [0.15, 0.2) is 34.3 Å². The number of nitrogens with zero attached hydrogens (tertiary/aromatic N) is 2. The zero-order chi connectivity index (χ0) is 15.1. The number of halogens is 3. The molecule has 0 amide bonds. The maximum Gasteiger partial charge on any atom is 0.416 e. The molecular formula is C15H16F3N3. The minimum absolute atomic E-state index is 0.409. The van der Waals surface area contributed by atoms with Gasteiger partial charge < -0.3 is 5.32 Å². The quantitative estimate of drug-likeness (QED) is 0.849. The Morgan fingerprint density at radius 3 is 2.24 bits per heavy atom. The second kappa shape index (κ2) is 4.94. The van der Waals surface area contributed by atoms with Crippen LogP contribution in [-0.2, 0) is 6.18 Å². The van der Waals surface area contributed by atoms with Crippen LogP contribution < -0.4 is 5.32 Å². The first-order valence-corrected chi connectivity index (χ1v) is 6.95. The van der Waals surface area contributed by atoms with Crippen molar-refractivity contribution >= 4 is 11.4 Å². The average molecular weight is 295 g/mol. The van der Waals surface area contributed by atoms with Gasteiger partial charge in [-0.05, 0) is 32.1 Å². The van der Waals surface area contributed by atoms with E-state index in [4.69, 9.17) is 4.99 Å². The molecule has 0 atom stereocenters. The number of rotatable bonds is 1. The van der Waals surface area contributed by atoms with Crippen molar-refractivity contribution in [3.63, 3.8) is 0 Å². The highest BCUT2D eigenvalue weighted by Crippen LogP contribution is 2.32. The molecule has 1 N–H and O–H groups in total. The first kappa shape index (κ1) is 14.3. The minimum atomic E-state index is -4.31. The van der Waals surface area contributed by atoms with Crippen molar-refractivity contribution < 1.29 is 13.2 Å². The van der Waals surface area contributed by atoms with Gasteiger partial charge in [0, 0.05) is 18.4 Å². The van der Waals surface area contributed by atoms with Crippen molar-refractivity contribution in [1.82, 2.24) is 5.32 Å². The van der Waals surface area contributed by atoms with Crippen molar-refractivity contribution in [2.24, 2.45) is 9.98 Å². The fraction of sp³-hybridized carbons (Fsp3) is 0.467. The molecule has 3 rings (SSSR count). The zero-order valence-electron chi connectivity index (χ0n) is 11.7. The molecule has 0 unspecified atom stereocenters. The number of benzene rings is 1. The summed E-state index contributed by atoms with van der Waals surface area (Å²) in [6, 6.07) is 5.14. The number of alkyl halides is 3. The summed E-state index contributed by atoms with van der Waals surface area (Å²) in [7, 11) is 0. The van der Waals surface area contributed by atoms with E-state index >= 15 is 0 Å². The largest absolute Gasteiger partial charge is 0.416 e. The van der Waals surface area contributed by atoms with E-state index in [1.165, 1.54) is 12.1 Å². The molecule has 6 heteroatoms. The van der Waals surface area contributed by atoms with E-state index < -0.39 is 17.4 Å². The molecule has 0 bridgehead atoms. The molecule has 2 aliphatic rings. The Morgan fingerprint density at radius 2 is 1.67 bits per heavy atom. The van der Waals surface area contributed by atoms with Crippen molar-refractivity contribution in [3.05, 3.63) is 35.4 Å². The Labute approximate surface area is 121 Å². The van der Waals surface area contributed by atoms with Crippen LogP contribution in [0.1, 0.15) is 30.9 Å². The molecule has 1 saturated heterocycles. The number of hydrogen-bond donors (Lipinski definition) is 1. The van der Waals surface area contributed by atoms with Crippen LogP contribution >= 0.6 is 0 Å². The highest BCUT2D eigenvalue weighted by Gasteiger charge is 2.36. The molecule has 2 heterocycles. The topological polar surface area (TPSA) is 36.8 Å². The number of hydrogen-bond acceptors (Lipinski definition) is 3. The van der Waals surface area contributed by atoms with Crippen molar-refractivity contribution in [2.45, 2.75) is 31.6 Å². The normalized spacial score (nSPS) is 21.3. The average Bonchev–Trinajstić information content (AvgIpc) is 2.75. The minimum Gasteiger partial charge on any atom is -0.316 e. The number of nitrogens with one attached hydrogen (secondary N) is 1.